The molecule has 7 heteroatoms. The lowest BCUT2D eigenvalue weighted by atomic mass is 10.1. The molecule has 0 saturated carbocycles. The topological polar surface area (TPSA) is 60.9 Å². The summed E-state index contributed by atoms with van der Waals surface area (Å²) >= 11 is 1.61. The maximum atomic E-state index is 13.1. The first-order chi connectivity index (χ1) is 12.0. The highest BCUT2D eigenvalue weighted by Crippen LogP contribution is 2.27. The summed E-state index contributed by atoms with van der Waals surface area (Å²) in [5.41, 5.74) is 0.792. The Morgan fingerprint density at radius 3 is 2.16 bits per heavy atom. The Hall–Kier alpha value is -1.86. The summed E-state index contributed by atoms with van der Waals surface area (Å²) in [6.45, 7) is 2.88. The molecule has 1 atom stereocenters. The van der Waals surface area contributed by atoms with Gasteiger partial charge in [-0.2, -0.15) is 11.8 Å². The average Bonchev–Trinajstić information content (AvgIpc) is 2.88. The van der Waals surface area contributed by atoms with Crippen molar-refractivity contribution in [3.05, 3.63) is 35.4 Å². The van der Waals surface area contributed by atoms with Gasteiger partial charge in [-0.15, -0.1) is 0 Å². The zero-order valence-electron chi connectivity index (χ0n) is 14.6. The van der Waals surface area contributed by atoms with Gasteiger partial charge in [0, 0.05) is 26.2 Å². The Labute approximate surface area is 152 Å². The van der Waals surface area contributed by atoms with Gasteiger partial charge in [0.2, 0.25) is 5.91 Å². The van der Waals surface area contributed by atoms with Gasteiger partial charge >= 0.3 is 0 Å². The van der Waals surface area contributed by atoms with Crippen LogP contribution in [0.25, 0.3) is 0 Å². The minimum Gasteiger partial charge on any atom is -0.338 e. The van der Waals surface area contributed by atoms with E-state index in [-0.39, 0.29) is 17.7 Å². The lowest BCUT2D eigenvalue weighted by Gasteiger charge is -2.36. The van der Waals surface area contributed by atoms with Crippen molar-refractivity contribution in [3.63, 3.8) is 0 Å². The van der Waals surface area contributed by atoms with Gasteiger partial charge in [0.05, 0.1) is 11.1 Å². The van der Waals surface area contributed by atoms with E-state index in [1.165, 1.54) is 4.90 Å². The normalized spacial score (nSPS) is 19.3. The molecule has 1 saturated heterocycles. The van der Waals surface area contributed by atoms with Gasteiger partial charge in [-0.3, -0.25) is 19.3 Å². The van der Waals surface area contributed by atoms with Crippen molar-refractivity contribution < 1.29 is 14.4 Å². The number of likely N-dealkylation sites (N-methyl/N-ethyl adjacent to an activating group) is 1. The van der Waals surface area contributed by atoms with Crippen LogP contribution in [0.5, 0.6) is 0 Å². The maximum absolute atomic E-state index is 13.1. The van der Waals surface area contributed by atoms with E-state index in [1.807, 2.05) is 13.3 Å². The van der Waals surface area contributed by atoms with Crippen LogP contribution in [0.15, 0.2) is 24.3 Å². The maximum Gasteiger partial charge on any atom is 0.262 e. The molecule has 3 amide bonds. The molecule has 3 rings (SSSR count). The molecule has 1 aromatic carbocycles. The summed E-state index contributed by atoms with van der Waals surface area (Å²) < 4.78 is 0. The second-order valence-corrected chi connectivity index (χ2v) is 7.44. The van der Waals surface area contributed by atoms with Gasteiger partial charge in [0.15, 0.2) is 0 Å². The van der Waals surface area contributed by atoms with E-state index < -0.39 is 6.04 Å². The molecule has 0 radical (unpaired) electrons. The van der Waals surface area contributed by atoms with E-state index in [0.717, 1.165) is 18.8 Å². The molecule has 2 aliphatic rings. The number of benzene rings is 1. The highest BCUT2D eigenvalue weighted by atomic mass is 32.2. The molecule has 6 nitrogen and oxygen atoms in total. The molecular formula is C18H23N3O3S. The van der Waals surface area contributed by atoms with Crippen LogP contribution in [0.2, 0.25) is 0 Å². The van der Waals surface area contributed by atoms with Crippen molar-refractivity contribution in [1.29, 1.82) is 0 Å². The summed E-state index contributed by atoms with van der Waals surface area (Å²) in [5.74, 6) is -0.0996. The van der Waals surface area contributed by atoms with Crippen LogP contribution in [0.3, 0.4) is 0 Å². The highest BCUT2D eigenvalue weighted by Gasteiger charge is 2.43. The first-order valence-electron chi connectivity index (χ1n) is 8.47. The number of hydrogen-bond donors (Lipinski definition) is 0. The van der Waals surface area contributed by atoms with Crippen molar-refractivity contribution >= 4 is 29.5 Å². The fraction of sp³-hybridized carbons (Fsp3) is 0.500. The fourth-order valence-electron chi connectivity index (χ4n) is 3.32. The summed E-state index contributed by atoms with van der Waals surface area (Å²) in [6, 6.07) is 6.07. The van der Waals surface area contributed by atoms with Crippen molar-refractivity contribution in [2.45, 2.75) is 12.5 Å². The number of rotatable bonds is 5. The van der Waals surface area contributed by atoms with Crippen molar-refractivity contribution in [2.24, 2.45) is 0 Å². The molecular weight excluding hydrogens is 338 g/mol. The molecule has 0 aliphatic carbocycles. The molecule has 1 unspecified atom stereocenters. The molecule has 0 bridgehead atoms. The van der Waals surface area contributed by atoms with E-state index in [4.69, 9.17) is 0 Å². The number of carbonyl (C=O) groups is 3. The summed E-state index contributed by atoms with van der Waals surface area (Å²) in [7, 11) is 2.02. The van der Waals surface area contributed by atoms with Crippen LogP contribution in [0, 0.1) is 0 Å². The van der Waals surface area contributed by atoms with Crippen LogP contribution in [0.1, 0.15) is 27.1 Å². The zero-order chi connectivity index (χ0) is 18.0. The lowest BCUT2D eigenvalue weighted by Crippen LogP contribution is -2.55. The number of nitrogens with zero attached hydrogens (tertiary/aromatic N) is 3. The lowest BCUT2D eigenvalue weighted by molar-refractivity contribution is -0.137. The highest BCUT2D eigenvalue weighted by molar-refractivity contribution is 7.98. The molecule has 0 N–H and O–H groups in total. The molecule has 0 spiro atoms. The molecule has 2 heterocycles. The third kappa shape index (κ3) is 3.43. The Kier molecular flexibility index (Phi) is 5.44. The first kappa shape index (κ1) is 17.9. The smallest absolute Gasteiger partial charge is 0.262 e. The third-order valence-corrected chi connectivity index (χ3v) is 5.48. The Balaban J connectivity index is 1.85. The van der Waals surface area contributed by atoms with Crippen LogP contribution < -0.4 is 0 Å². The number of thioether (sulfide) groups is 1. The van der Waals surface area contributed by atoms with E-state index in [9.17, 15) is 14.4 Å². The third-order valence-electron chi connectivity index (χ3n) is 4.83. The Morgan fingerprint density at radius 2 is 1.64 bits per heavy atom. The molecule has 2 aliphatic heterocycles. The van der Waals surface area contributed by atoms with Crippen LogP contribution >= 0.6 is 11.8 Å². The molecule has 1 fully saturated rings. The van der Waals surface area contributed by atoms with Crippen LogP contribution in [-0.2, 0) is 4.79 Å². The van der Waals surface area contributed by atoms with Gasteiger partial charge < -0.3 is 9.80 Å². The number of amides is 3. The van der Waals surface area contributed by atoms with Crippen LogP contribution in [0.4, 0.5) is 0 Å². The quantitative estimate of drug-likeness (QED) is 0.737. The van der Waals surface area contributed by atoms with Crippen LogP contribution in [-0.4, -0.2) is 83.7 Å². The number of carbonyl (C=O) groups excluding carboxylic acids is 3. The SMILES string of the molecule is CSCCC(C(=O)N1CCN(C)CC1)N1C(=O)c2ccccc2C1=O. The largest absolute Gasteiger partial charge is 0.338 e. The van der Waals surface area contributed by atoms with Gasteiger partial charge in [-0.05, 0) is 37.6 Å². The van der Waals surface area contributed by atoms with E-state index in [0.29, 0.717) is 30.6 Å². The van der Waals surface area contributed by atoms with E-state index in [1.54, 1.807) is 40.9 Å². The molecule has 1 aromatic rings. The summed E-state index contributed by atoms with van der Waals surface area (Å²) in [4.78, 5) is 43.8. The van der Waals surface area contributed by atoms with Crippen molar-refractivity contribution in [3.8, 4) is 0 Å². The summed E-state index contributed by atoms with van der Waals surface area (Å²) in [6.07, 6.45) is 2.44. The Morgan fingerprint density at radius 1 is 1.08 bits per heavy atom. The molecule has 0 aromatic heterocycles. The Bertz CT molecular complexity index is 651. The van der Waals surface area contributed by atoms with Gasteiger partial charge in [-0.1, -0.05) is 12.1 Å². The van der Waals surface area contributed by atoms with Crippen molar-refractivity contribution in [1.82, 2.24) is 14.7 Å². The second-order valence-electron chi connectivity index (χ2n) is 6.45. The number of imide groups is 1. The predicted molar refractivity (Wildman–Crippen MR) is 97.8 cm³/mol. The molecule has 134 valence electrons. The fourth-order valence-corrected chi connectivity index (χ4v) is 3.78. The second kappa shape index (κ2) is 7.58. The number of piperazine rings is 1. The number of hydrogen-bond acceptors (Lipinski definition) is 5. The minimum atomic E-state index is -0.719. The van der Waals surface area contributed by atoms with E-state index >= 15 is 0 Å². The standard InChI is InChI=1S/C18H23N3O3S/c1-19-8-10-20(11-9-19)18(24)15(7-12-25-2)21-16(22)13-5-3-4-6-14(13)17(21)23/h3-6,15H,7-12H2,1-2H3. The zero-order valence-corrected chi connectivity index (χ0v) is 15.4. The van der Waals surface area contributed by atoms with Gasteiger partial charge in [-0.25, -0.2) is 0 Å². The van der Waals surface area contributed by atoms with Gasteiger partial charge in [0.25, 0.3) is 11.8 Å². The van der Waals surface area contributed by atoms with Crippen molar-refractivity contribution in [2.75, 3.05) is 45.2 Å². The number of fused-ring (bicyclic) bond motifs is 1. The van der Waals surface area contributed by atoms with E-state index in [2.05, 4.69) is 4.90 Å². The predicted octanol–water partition coefficient (Wildman–Crippen LogP) is 1.18. The van der Waals surface area contributed by atoms with Gasteiger partial charge in [0.1, 0.15) is 6.04 Å². The minimum absolute atomic E-state index is 0.114. The monoisotopic (exact) mass is 361 g/mol. The summed E-state index contributed by atoms with van der Waals surface area (Å²) in [5, 5.41) is 0. The average molecular weight is 361 g/mol. The first-order valence-corrected chi connectivity index (χ1v) is 9.87. The molecule has 25 heavy (non-hydrogen) atoms.